The van der Waals surface area contributed by atoms with Crippen LogP contribution in [0, 0.1) is 11.8 Å². The Morgan fingerprint density at radius 3 is 2.53 bits per heavy atom. The van der Waals surface area contributed by atoms with Gasteiger partial charge in [-0.05, 0) is 48.3 Å². The Bertz CT molecular complexity index is 1050. The number of likely N-dealkylation sites (tertiary alicyclic amines) is 1. The maximum atomic E-state index is 12.8. The summed E-state index contributed by atoms with van der Waals surface area (Å²) in [6.07, 6.45) is -0.0295. The van der Waals surface area contributed by atoms with Gasteiger partial charge >= 0.3 is 6.36 Å². The van der Waals surface area contributed by atoms with Crippen molar-refractivity contribution in [2.45, 2.75) is 25.1 Å². The molecule has 0 N–H and O–H groups in total. The lowest BCUT2D eigenvalue weighted by Gasteiger charge is -2.20. The molecule has 2 fully saturated rings. The van der Waals surface area contributed by atoms with Crippen LogP contribution in [-0.2, 0) is 0 Å². The number of halogens is 3. The van der Waals surface area contributed by atoms with Gasteiger partial charge in [0, 0.05) is 25.5 Å². The number of benzene rings is 1. The Morgan fingerprint density at radius 2 is 1.83 bits per heavy atom. The van der Waals surface area contributed by atoms with Crippen molar-refractivity contribution < 1.29 is 22.7 Å². The molecule has 3 atom stereocenters. The first kappa shape index (κ1) is 18.8. The first-order chi connectivity index (χ1) is 14.4. The van der Waals surface area contributed by atoms with Crippen molar-refractivity contribution in [3.63, 3.8) is 0 Å². The maximum absolute atomic E-state index is 12.8. The van der Waals surface area contributed by atoms with Crippen LogP contribution in [0.15, 0.2) is 42.7 Å². The van der Waals surface area contributed by atoms with Gasteiger partial charge in [-0.1, -0.05) is 18.2 Å². The minimum absolute atomic E-state index is 0.0201. The van der Waals surface area contributed by atoms with Gasteiger partial charge in [0.2, 0.25) is 5.82 Å². The number of fused-ring (bicyclic) bond motifs is 2. The molecular weight excluding hydrogens is 399 g/mol. The highest BCUT2D eigenvalue weighted by Crippen LogP contribution is 2.48. The van der Waals surface area contributed by atoms with Gasteiger partial charge in [-0.15, -0.1) is 18.3 Å². The molecule has 10 heteroatoms. The number of carbonyl (C=O) groups excluding carboxylic acids is 1. The highest BCUT2D eigenvalue weighted by atomic mass is 19.4. The number of ether oxygens (including phenoxy) is 1. The Balaban J connectivity index is 1.28. The van der Waals surface area contributed by atoms with E-state index >= 15 is 0 Å². The van der Waals surface area contributed by atoms with E-state index in [9.17, 15) is 18.0 Å². The van der Waals surface area contributed by atoms with Gasteiger partial charge in [-0.25, -0.2) is 9.50 Å². The number of nitrogens with zero attached hydrogens (tertiary/aromatic N) is 5. The first-order valence-corrected chi connectivity index (χ1v) is 9.69. The lowest BCUT2D eigenvalue weighted by Crippen LogP contribution is -2.30. The predicted molar refractivity (Wildman–Crippen MR) is 98.8 cm³/mol. The molecule has 1 amide bonds. The number of hydrogen-bond acceptors (Lipinski definition) is 5. The molecule has 7 nitrogen and oxygen atoms in total. The number of hydrogen-bond donors (Lipinski definition) is 0. The normalized spacial score (nSPS) is 23.7. The topological polar surface area (TPSA) is 72.6 Å². The van der Waals surface area contributed by atoms with Crippen LogP contribution in [0.25, 0.3) is 5.78 Å². The molecule has 2 aliphatic rings. The van der Waals surface area contributed by atoms with Crippen LogP contribution in [0.1, 0.15) is 34.9 Å². The second-order valence-electron chi connectivity index (χ2n) is 7.78. The first-order valence-electron chi connectivity index (χ1n) is 9.69. The molecule has 1 unspecified atom stereocenters. The van der Waals surface area contributed by atoms with Gasteiger partial charge in [0.15, 0.2) is 0 Å². The van der Waals surface area contributed by atoms with Gasteiger partial charge in [0.1, 0.15) is 5.75 Å². The molecule has 30 heavy (non-hydrogen) atoms. The molecule has 0 radical (unpaired) electrons. The summed E-state index contributed by atoms with van der Waals surface area (Å²) in [7, 11) is 0. The molecule has 1 saturated carbocycles. The van der Waals surface area contributed by atoms with E-state index in [0.29, 0.717) is 37.3 Å². The molecule has 1 saturated heterocycles. The average Bonchev–Trinajstić information content (AvgIpc) is 3.39. The van der Waals surface area contributed by atoms with Gasteiger partial charge in [0.05, 0.1) is 0 Å². The molecule has 156 valence electrons. The van der Waals surface area contributed by atoms with Crippen molar-refractivity contribution in [3.8, 4) is 5.75 Å². The number of carbonyl (C=O) groups is 1. The molecule has 1 aliphatic carbocycles. The molecule has 3 aromatic rings. The summed E-state index contributed by atoms with van der Waals surface area (Å²) in [6.45, 7) is 1.09. The Kier molecular flexibility index (Phi) is 4.37. The number of aromatic nitrogens is 4. The van der Waals surface area contributed by atoms with Crippen molar-refractivity contribution in [3.05, 3.63) is 54.1 Å². The fraction of sp³-hybridized carbons (Fsp3) is 0.400. The van der Waals surface area contributed by atoms with E-state index in [1.165, 1.54) is 16.6 Å². The van der Waals surface area contributed by atoms with Gasteiger partial charge < -0.3 is 9.64 Å². The molecule has 5 rings (SSSR count). The lowest BCUT2D eigenvalue weighted by atomic mass is 9.95. The van der Waals surface area contributed by atoms with Crippen LogP contribution in [0.2, 0.25) is 0 Å². The Labute approximate surface area is 169 Å². The molecule has 0 bridgehead atoms. The standard InChI is InChI=1S/C20H18F3N5O2/c21-20(22,23)30-16-5-2-1-4-15(16)12-8-13-10-27(11-14(13)9-12)18(29)17-25-19-24-6-3-7-28(19)26-17/h1-7,12-14H,8-11H2/t12?,13-,14+. The van der Waals surface area contributed by atoms with Crippen LogP contribution < -0.4 is 4.74 Å². The molecule has 1 aliphatic heterocycles. The zero-order valence-electron chi connectivity index (χ0n) is 15.8. The zero-order valence-corrected chi connectivity index (χ0v) is 15.8. The van der Waals surface area contributed by atoms with Crippen molar-refractivity contribution in [1.29, 1.82) is 0 Å². The molecule has 2 aromatic heterocycles. The van der Waals surface area contributed by atoms with E-state index in [4.69, 9.17) is 0 Å². The summed E-state index contributed by atoms with van der Waals surface area (Å²) in [5.74, 6) is 0.529. The fourth-order valence-corrected chi connectivity index (χ4v) is 4.72. The molecule has 1 aromatic carbocycles. The number of rotatable bonds is 3. The minimum atomic E-state index is -4.72. The van der Waals surface area contributed by atoms with Crippen molar-refractivity contribution >= 4 is 11.7 Å². The third-order valence-corrected chi connectivity index (χ3v) is 5.93. The fourth-order valence-electron chi connectivity index (χ4n) is 4.72. The van der Waals surface area contributed by atoms with Crippen LogP contribution >= 0.6 is 0 Å². The minimum Gasteiger partial charge on any atom is -0.405 e. The summed E-state index contributed by atoms with van der Waals surface area (Å²) in [4.78, 5) is 22.8. The van der Waals surface area contributed by atoms with E-state index in [2.05, 4.69) is 19.8 Å². The Hall–Kier alpha value is -3.17. The van der Waals surface area contributed by atoms with Crippen LogP contribution in [0.3, 0.4) is 0 Å². The molecule has 0 spiro atoms. The number of alkyl halides is 3. The van der Waals surface area contributed by atoms with Gasteiger partial charge in [-0.3, -0.25) is 4.79 Å². The third kappa shape index (κ3) is 3.46. The van der Waals surface area contributed by atoms with E-state index in [0.717, 1.165) is 0 Å². The van der Waals surface area contributed by atoms with E-state index in [1.54, 1.807) is 35.5 Å². The monoisotopic (exact) mass is 417 g/mol. The van der Waals surface area contributed by atoms with Crippen LogP contribution in [0.5, 0.6) is 5.75 Å². The maximum Gasteiger partial charge on any atom is 0.573 e. The quantitative estimate of drug-likeness (QED) is 0.654. The van der Waals surface area contributed by atoms with Crippen LogP contribution in [0.4, 0.5) is 13.2 Å². The summed E-state index contributed by atoms with van der Waals surface area (Å²) in [5.41, 5.74) is 0.579. The molecular formula is C20H18F3N5O2. The van der Waals surface area contributed by atoms with Gasteiger partial charge in [0.25, 0.3) is 11.7 Å². The third-order valence-electron chi connectivity index (χ3n) is 5.93. The lowest BCUT2D eigenvalue weighted by molar-refractivity contribution is -0.275. The average molecular weight is 417 g/mol. The zero-order chi connectivity index (χ0) is 20.9. The number of para-hydroxylation sites is 1. The summed E-state index contributed by atoms with van der Waals surface area (Å²) in [5, 5.41) is 4.19. The van der Waals surface area contributed by atoms with Crippen molar-refractivity contribution in [2.24, 2.45) is 11.8 Å². The predicted octanol–water partition coefficient (Wildman–Crippen LogP) is 3.29. The smallest absolute Gasteiger partial charge is 0.405 e. The molecule has 3 heterocycles. The van der Waals surface area contributed by atoms with Crippen molar-refractivity contribution in [1.82, 2.24) is 24.5 Å². The highest BCUT2D eigenvalue weighted by Gasteiger charge is 2.44. The highest BCUT2D eigenvalue weighted by molar-refractivity contribution is 5.91. The SMILES string of the molecule is O=C(c1nc2ncccn2n1)N1C[C@H]2CC(c3ccccc3OC(F)(F)F)C[C@H]2C1. The number of amides is 1. The van der Waals surface area contributed by atoms with E-state index in [1.807, 2.05) is 0 Å². The largest absolute Gasteiger partial charge is 0.573 e. The summed E-state index contributed by atoms with van der Waals surface area (Å²) >= 11 is 0. The van der Waals surface area contributed by atoms with E-state index < -0.39 is 6.36 Å². The van der Waals surface area contributed by atoms with Crippen molar-refractivity contribution in [2.75, 3.05) is 13.1 Å². The van der Waals surface area contributed by atoms with Gasteiger partial charge in [-0.2, -0.15) is 4.98 Å². The second kappa shape index (κ2) is 6.96. The summed E-state index contributed by atoms with van der Waals surface area (Å²) < 4.78 is 43.9. The van der Waals surface area contributed by atoms with E-state index in [-0.39, 0.29) is 35.2 Å². The Morgan fingerprint density at radius 1 is 1.10 bits per heavy atom. The summed E-state index contributed by atoms with van der Waals surface area (Å²) in [6, 6.07) is 8.03. The van der Waals surface area contributed by atoms with Crippen LogP contribution in [-0.4, -0.2) is 49.8 Å². The second-order valence-corrected chi connectivity index (χ2v) is 7.78.